The molecule has 1 saturated carbocycles. The van der Waals surface area contributed by atoms with E-state index in [2.05, 4.69) is 5.32 Å². The largest absolute Gasteiger partial charge is 0.330 e. The first-order valence-electron chi connectivity index (χ1n) is 6.39. The monoisotopic (exact) mass is 264 g/mol. The number of carbonyl (C=O) groups excluding carboxylic acids is 1. The first kappa shape index (κ1) is 13.4. The van der Waals surface area contributed by atoms with Gasteiger partial charge in [-0.15, -0.1) is 11.8 Å². The number of rotatable bonds is 4. The molecule has 0 heterocycles. The molecule has 0 aromatic heterocycles. The first-order valence-corrected chi connectivity index (χ1v) is 7.62. The van der Waals surface area contributed by atoms with Gasteiger partial charge in [-0.05, 0) is 49.8 Å². The molecule has 0 aliphatic heterocycles. The topological polar surface area (TPSA) is 55.1 Å². The number of carbonyl (C=O) groups is 1. The van der Waals surface area contributed by atoms with Gasteiger partial charge < -0.3 is 11.1 Å². The van der Waals surface area contributed by atoms with Crippen LogP contribution in [0.25, 0.3) is 0 Å². The molecule has 0 unspecified atom stereocenters. The molecule has 0 spiro atoms. The lowest BCUT2D eigenvalue weighted by Crippen LogP contribution is -2.29. The Morgan fingerprint density at radius 3 is 3.06 bits per heavy atom. The summed E-state index contributed by atoms with van der Waals surface area (Å²) in [6.07, 6.45) is 5.20. The lowest BCUT2D eigenvalue weighted by atomic mass is 9.95. The van der Waals surface area contributed by atoms with Crippen LogP contribution in [-0.4, -0.2) is 18.7 Å². The maximum Gasteiger partial charge on any atom is 0.227 e. The van der Waals surface area contributed by atoms with E-state index in [1.807, 2.05) is 30.5 Å². The minimum Gasteiger partial charge on any atom is -0.330 e. The van der Waals surface area contributed by atoms with Crippen molar-refractivity contribution in [2.45, 2.75) is 24.2 Å². The van der Waals surface area contributed by atoms with Crippen molar-refractivity contribution in [3.8, 4) is 0 Å². The van der Waals surface area contributed by atoms with Crippen molar-refractivity contribution in [1.29, 1.82) is 0 Å². The normalized spacial score (nSPS) is 23.0. The van der Waals surface area contributed by atoms with Crippen LogP contribution in [0.2, 0.25) is 0 Å². The summed E-state index contributed by atoms with van der Waals surface area (Å²) < 4.78 is 0. The average Bonchev–Trinajstić information content (AvgIpc) is 2.87. The second-order valence-corrected chi connectivity index (χ2v) is 5.63. The van der Waals surface area contributed by atoms with Crippen molar-refractivity contribution in [2.75, 3.05) is 18.1 Å². The zero-order chi connectivity index (χ0) is 13.0. The van der Waals surface area contributed by atoms with Crippen LogP contribution < -0.4 is 11.1 Å². The van der Waals surface area contributed by atoms with Crippen LogP contribution in [-0.2, 0) is 4.79 Å². The Kier molecular flexibility index (Phi) is 4.66. The third-order valence-electron chi connectivity index (χ3n) is 3.64. The summed E-state index contributed by atoms with van der Waals surface area (Å²) in [5.41, 5.74) is 6.60. The molecule has 4 heteroatoms. The highest BCUT2D eigenvalue weighted by Crippen LogP contribution is 2.32. The molecule has 3 nitrogen and oxygen atoms in total. The van der Waals surface area contributed by atoms with Crippen molar-refractivity contribution in [1.82, 2.24) is 0 Å². The fourth-order valence-corrected chi connectivity index (χ4v) is 3.06. The van der Waals surface area contributed by atoms with Crippen molar-refractivity contribution < 1.29 is 4.79 Å². The standard InChI is InChI=1S/C14H20N2OS/c1-18-12-6-3-5-11(8-12)16-14(17)13-7-2-4-10(13)9-15/h3,5-6,8,10,13H,2,4,7,9,15H2,1H3,(H,16,17)/t10-,13-/m1/s1. The Labute approximate surface area is 113 Å². The number of nitrogens with one attached hydrogen (secondary N) is 1. The summed E-state index contributed by atoms with van der Waals surface area (Å²) in [5.74, 6) is 0.572. The van der Waals surface area contributed by atoms with Crippen molar-refractivity contribution in [2.24, 2.45) is 17.6 Å². The second-order valence-electron chi connectivity index (χ2n) is 4.75. The van der Waals surface area contributed by atoms with Crippen molar-refractivity contribution in [3.05, 3.63) is 24.3 Å². The Morgan fingerprint density at radius 1 is 1.50 bits per heavy atom. The summed E-state index contributed by atoms with van der Waals surface area (Å²) in [7, 11) is 0. The number of amides is 1. The van der Waals surface area contributed by atoms with Gasteiger partial charge in [-0.2, -0.15) is 0 Å². The molecule has 1 aromatic rings. The minimum absolute atomic E-state index is 0.0907. The maximum atomic E-state index is 12.2. The molecule has 0 radical (unpaired) electrons. The van der Waals surface area contributed by atoms with Gasteiger partial charge in [0.2, 0.25) is 5.91 Å². The van der Waals surface area contributed by atoms with Crippen molar-refractivity contribution >= 4 is 23.4 Å². The van der Waals surface area contributed by atoms with Crippen LogP contribution in [0.5, 0.6) is 0 Å². The first-order chi connectivity index (χ1) is 8.74. The van der Waals surface area contributed by atoms with E-state index in [0.29, 0.717) is 12.5 Å². The van der Waals surface area contributed by atoms with Crippen LogP contribution in [0.3, 0.4) is 0 Å². The average molecular weight is 264 g/mol. The number of hydrogen-bond acceptors (Lipinski definition) is 3. The van der Waals surface area contributed by atoms with E-state index in [-0.39, 0.29) is 11.8 Å². The molecular formula is C14H20N2OS. The molecule has 2 rings (SSSR count). The minimum atomic E-state index is 0.0907. The smallest absolute Gasteiger partial charge is 0.227 e. The van der Waals surface area contributed by atoms with Crippen LogP contribution in [0.1, 0.15) is 19.3 Å². The van der Waals surface area contributed by atoms with Gasteiger partial charge in [0.1, 0.15) is 0 Å². The number of anilines is 1. The maximum absolute atomic E-state index is 12.2. The molecule has 1 aliphatic rings. The van der Waals surface area contributed by atoms with E-state index >= 15 is 0 Å². The van der Waals surface area contributed by atoms with Crippen LogP contribution >= 0.6 is 11.8 Å². The van der Waals surface area contributed by atoms with Gasteiger partial charge >= 0.3 is 0 Å². The lowest BCUT2D eigenvalue weighted by Gasteiger charge is -2.17. The molecule has 98 valence electrons. The van der Waals surface area contributed by atoms with Gasteiger partial charge in [0.05, 0.1) is 0 Å². The van der Waals surface area contributed by atoms with Crippen LogP contribution in [0.15, 0.2) is 29.2 Å². The van der Waals surface area contributed by atoms with E-state index in [9.17, 15) is 4.79 Å². The van der Waals surface area contributed by atoms with Gasteiger partial charge in [0, 0.05) is 16.5 Å². The van der Waals surface area contributed by atoms with E-state index in [1.165, 1.54) is 0 Å². The number of nitrogens with two attached hydrogens (primary N) is 1. The lowest BCUT2D eigenvalue weighted by molar-refractivity contribution is -0.120. The molecule has 18 heavy (non-hydrogen) atoms. The highest BCUT2D eigenvalue weighted by molar-refractivity contribution is 7.98. The zero-order valence-electron chi connectivity index (χ0n) is 10.7. The fourth-order valence-electron chi connectivity index (χ4n) is 2.60. The van der Waals surface area contributed by atoms with Crippen LogP contribution in [0.4, 0.5) is 5.69 Å². The zero-order valence-corrected chi connectivity index (χ0v) is 11.5. The molecule has 3 N–H and O–H groups in total. The van der Waals surface area contributed by atoms with Gasteiger partial charge in [-0.3, -0.25) is 4.79 Å². The summed E-state index contributed by atoms with van der Waals surface area (Å²) in [6, 6.07) is 7.95. The molecule has 1 aliphatic carbocycles. The third-order valence-corrected chi connectivity index (χ3v) is 4.36. The highest BCUT2D eigenvalue weighted by Gasteiger charge is 2.31. The molecular weight excluding hydrogens is 244 g/mol. The SMILES string of the molecule is CSc1cccc(NC(=O)[C@@H]2CCC[C@@H]2CN)c1. The Morgan fingerprint density at radius 2 is 2.33 bits per heavy atom. The summed E-state index contributed by atoms with van der Waals surface area (Å²) >= 11 is 1.68. The molecule has 1 amide bonds. The van der Waals surface area contributed by atoms with Gasteiger partial charge in [0.15, 0.2) is 0 Å². The Hall–Kier alpha value is -1.00. The van der Waals surface area contributed by atoms with E-state index in [0.717, 1.165) is 29.8 Å². The van der Waals surface area contributed by atoms with E-state index < -0.39 is 0 Å². The van der Waals surface area contributed by atoms with E-state index in [4.69, 9.17) is 5.73 Å². The van der Waals surface area contributed by atoms with Gasteiger partial charge in [0.25, 0.3) is 0 Å². The van der Waals surface area contributed by atoms with Crippen LogP contribution in [0, 0.1) is 11.8 Å². The number of hydrogen-bond donors (Lipinski definition) is 2. The predicted octanol–water partition coefficient (Wildman–Crippen LogP) is 2.72. The van der Waals surface area contributed by atoms with Gasteiger partial charge in [-0.1, -0.05) is 12.5 Å². The third kappa shape index (κ3) is 3.06. The Bertz CT molecular complexity index is 422. The van der Waals surface area contributed by atoms with Gasteiger partial charge in [-0.25, -0.2) is 0 Å². The summed E-state index contributed by atoms with van der Waals surface area (Å²) in [5, 5.41) is 3.02. The quantitative estimate of drug-likeness (QED) is 0.822. The molecule has 0 saturated heterocycles. The summed E-state index contributed by atoms with van der Waals surface area (Å²) in [6.45, 7) is 0.614. The Balaban J connectivity index is 2.02. The highest BCUT2D eigenvalue weighted by atomic mass is 32.2. The molecule has 2 atom stereocenters. The van der Waals surface area contributed by atoms with E-state index in [1.54, 1.807) is 11.8 Å². The molecule has 1 fully saturated rings. The van der Waals surface area contributed by atoms with Crippen molar-refractivity contribution in [3.63, 3.8) is 0 Å². The summed E-state index contributed by atoms with van der Waals surface area (Å²) in [4.78, 5) is 13.4. The predicted molar refractivity (Wildman–Crippen MR) is 76.7 cm³/mol. The fraction of sp³-hybridized carbons (Fsp3) is 0.500. The number of benzene rings is 1. The molecule has 1 aromatic carbocycles. The molecule has 0 bridgehead atoms. The number of thioether (sulfide) groups is 1. The second kappa shape index (κ2) is 6.25.